The molecule has 1 unspecified atom stereocenters. The zero-order valence-electron chi connectivity index (χ0n) is 17.0. The number of carbonyl (C=O) groups excluding carboxylic acids is 1. The molecular formula is C18H38IN5O2. The molecule has 1 rings (SSSR count). The van der Waals surface area contributed by atoms with Gasteiger partial charge >= 0.3 is 0 Å². The molecule has 0 aliphatic carbocycles. The Bertz CT molecular complexity index is 412. The summed E-state index contributed by atoms with van der Waals surface area (Å²) in [6, 6.07) is 0.582. The van der Waals surface area contributed by atoms with E-state index in [0.717, 1.165) is 45.4 Å². The third kappa shape index (κ3) is 10.5. The second-order valence-electron chi connectivity index (χ2n) is 7.08. The molecular weight excluding hydrogens is 445 g/mol. The lowest BCUT2D eigenvalue weighted by Crippen LogP contribution is -2.48. The molecule has 3 N–H and O–H groups in total. The fourth-order valence-corrected chi connectivity index (χ4v) is 2.87. The van der Waals surface area contributed by atoms with Gasteiger partial charge in [0.15, 0.2) is 5.96 Å². The van der Waals surface area contributed by atoms with Crippen LogP contribution >= 0.6 is 24.0 Å². The molecule has 0 saturated carbocycles. The van der Waals surface area contributed by atoms with Crippen LogP contribution in [0.2, 0.25) is 0 Å². The second-order valence-corrected chi connectivity index (χ2v) is 7.08. The van der Waals surface area contributed by atoms with Crippen molar-refractivity contribution in [1.29, 1.82) is 0 Å². The van der Waals surface area contributed by atoms with Crippen molar-refractivity contribution < 1.29 is 9.53 Å². The fourth-order valence-electron chi connectivity index (χ4n) is 2.87. The molecule has 1 atom stereocenters. The first-order valence-electron chi connectivity index (χ1n) is 9.57. The van der Waals surface area contributed by atoms with Gasteiger partial charge in [-0.1, -0.05) is 13.8 Å². The van der Waals surface area contributed by atoms with E-state index in [1.54, 1.807) is 0 Å². The topological polar surface area (TPSA) is 78.0 Å². The minimum Gasteiger partial charge on any atom is -0.379 e. The van der Waals surface area contributed by atoms with Crippen molar-refractivity contribution in [3.63, 3.8) is 0 Å². The van der Waals surface area contributed by atoms with E-state index in [4.69, 9.17) is 9.73 Å². The Kier molecular flexibility index (Phi) is 14.1. The number of hydrogen-bond donors (Lipinski definition) is 3. The van der Waals surface area contributed by atoms with Crippen molar-refractivity contribution in [3.05, 3.63) is 0 Å². The van der Waals surface area contributed by atoms with E-state index >= 15 is 0 Å². The highest BCUT2D eigenvalue weighted by Gasteiger charge is 2.23. The Morgan fingerprint density at radius 1 is 1.15 bits per heavy atom. The molecule has 1 saturated heterocycles. The van der Waals surface area contributed by atoms with Gasteiger partial charge in [-0.2, -0.15) is 0 Å². The predicted molar refractivity (Wildman–Crippen MR) is 118 cm³/mol. The normalized spacial score (nSPS) is 17.0. The smallest absolute Gasteiger partial charge is 0.221 e. The number of ether oxygens (including phenoxy) is 1. The van der Waals surface area contributed by atoms with E-state index < -0.39 is 0 Å². The Hall–Kier alpha value is -0.610. The molecule has 0 aromatic heterocycles. The van der Waals surface area contributed by atoms with Crippen molar-refractivity contribution in [2.24, 2.45) is 10.9 Å². The van der Waals surface area contributed by atoms with E-state index in [1.807, 2.05) is 20.8 Å². The van der Waals surface area contributed by atoms with Gasteiger partial charge in [0.05, 0.1) is 19.8 Å². The molecule has 1 aliphatic rings. The standard InChI is InChI=1S/C18H37N5O2.HI/c1-6-19-18(20-8-7-17(24)22-15(4)5)21-13-16(14(2)3)23-9-11-25-12-10-23;/h14-16H,6-13H2,1-5H3,(H,22,24)(H2,19,20,21);1H. The van der Waals surface area contributed by atoms with Crippen molar-refractivity contribution in [2.75, 3.05) is 45.9 Å². The summed E-state index contributed by atoms with van der Waals surface area (Å²) in [5.41, 5.74) is 0. The average molecular weight is 483 g/mol. The van der Waals surface area contributed by atoms with Crippen LogP contribution in [0, 0.1) is 5.92 Å². The number of aliphatic imine (C=N–C) groups is 1. The Morgan fingerprint density at radius 2 is 1.81 bits per heavy atom. The molecule has 8 heteroatoms. The van der Waals surface area contributed by atoms with E-state index in [2.05, 4.69) is 34.7 Å². The number of guanidine groups is 1. The van der Waals surface area contributed by atoms with Crippen LogP contribution in [0.15, 0.2) is 4.99 Å². The van der Waals surface area contributed by atoms with E-state index in [9.17, 15) is 4.79 Å². The van der Waals surface area contributed by atoms with E-state index in [1.165, 1.54) is 0 Å². The number of nitrogens with one attached hydrogen (secondary N) is 3. The predicted octanol–water partition coefficient (Wildman–Crippen LogP) is 1.43. The summed E-state index contributed by atoms with van der Waals surface area (Å²) in [6.07, 6.45) is 0.444. The van der Waals surface area contributed by atoms with Crippen molar-refractivity contribution >= 4 is 35.8 Å². The quantitative estimate of drug-likeness (QED) is 0.263. The summed E-state index contributed by atoms with van der Waals surface area (Å²) in [5, 5.41) is 9.41. The first-order valence-corrected chi connectivity index (χ1v) is 9.57. The Balaban J connectivity index is 0.00000625. The molecule has 1 aliphatic heterocycles. The number of morpholine rings is 1. The number of nitrogens with zero attached hydrogens (tertiary/aromatic N) is 2. The van der Waals surface area contributed by atoms with Crippen molar-refractivity contribution in [3.8, 4) is 0 Å². The third-order valence-electron chi connectivity index (χ3n) is 4.16. The monoisotopic (exact) mass is 483 g/mol. The van der Waals surface area contributed by atoms with Crippen LogP contribution in [0.5, 0.6) is 0 Å². The van der Waals surface area contributed by atoms with Gasteiger partial charge in [-0.3, -0.25) is 14.7 Å². The number of halogens is 1. The minimum atomic E-state index is 0. The van der Waals surface area contributed by atoms with E-state index in [0.29, 0.717) is 24.9 Å². The fraction of sp³-hybridized carbons (Fsp3) is 0.889. The maximum atomic E-state index is 11.7. The van der Waals surface area contributed by atoms with Crippen LogP contribution in [0.4, 0.5) is 0 Å². The number of rotatable bonds is 9. The molecule has 26 heavy (non-hydrogen) atoms. The Labute approximate surface area is 176 Å². The molecule has 0 bridgehead atoms. The van der Waals surface area contributed by atoms with Crippen LogP contribution in [0.1, 0.15) is 41.0 Å². The highest BCUT2D eigenvalue weighted by atomic mass is 127. The average Bonchev–Trinajstić information content (AvgIpc) is 2.55. The molecule has 1 amide bonds. The Morgan fingerprint density at radius 3 is 2.35 bits per heavy atom. The van der Waals surface area contributed by atoms with Crippen LogP contribution in [0.3, 0.4) is 0 Å². The number of hydrogen-bond acceptors (Lipinski definition) is 4. The summed E-state index contributed by atoms with van der Waals surface area (Å²) in [6.45, 7) is 16.1. The van der Waals surface area contributed by atoms with Crippen LogP contribution in [-0.4, -0.2) is 74.8 Å². The summed E-state index contributed by atoms with van der Waals surface area (Å²) >= 11 is 0. The van der Waals surface area contributed by atoms with Crippen molar-refractivity contribution in [2.45, 2.75) is 53.1 Å². The molecule has 1 fully saturated rings. The van der Waals surface area contributed by atoms with Gasteiger partial charge in [0, 0.05) is 44.7 Å². The SMILES string of the molecule is CCNC(=NCC(C(C)C)N1CCOCC1)NCCC(=O)NC(C)C.I. The molecule has 0 spiro atoms. The lowest BCUT2D eigenvalue weighted by atomic mass is 10.0. The van der Waals surface area contributed by atoms with Gasteiger partial charge in [0.1, 0.15) is 0 Å². The summed E-state index contributed by atoms with van der Waals surface area (Å²) < 4.78 is 5.46. The molecule has 0 aromatic carbocycles. The maximum Gasteiger partial charge on any atom is 0.221 e. The van der Waals surface area contributed by atoms with Gasteiger partial charge in [-0.25, -0.2) is 0 Å². The highest BCUT2D eigenvalue weighted by Crippen LogP contribution is 2.13. The lowest BCUT2D eigenvalue weighted by Gasteiger charge is -2.36. The summed E-state index contributed by atoms with van der Waals surface area (Å²) in [4.78, 5) is 18.9. The zero-order chi connectivity index (χ0) is 18.7. The molecule has 0 radical (unpaired) electrons. The van der Waals surface area contributed by atoms with Gasteiger partial charge in [0.25, 0.3) is 0 Å². The molecule has 7 nitrogen and oxygen atoms in total. The van der Waals surface area contributed by atoms with Gasteiger partial charge < -0.3 is 20.7 Å². The first kappa shape index (κ1) is 25.4. The highest BCUT2D eigenvalue weighted by molar-refractivity contribution is 14.0. The van der Waals surface area contributed by atoms with Crippen LogP contribution < -0.4 is 16.0 Å². The van der Waals surface area contributed by atoms with Crippen LogP contribution in [0.25, 0.3) is 0 Å². The van der Waals surface area contributed by atoms with Crippen LogP contribution in [-0.2, 0) is 9.53 Å². The molecule has 154 valence electrons. The number of amides is 1. The largest absolute Gasteiger partial charge is 0.379 e. The third-order valence-corrected chi connectivity index (χ3v) is 4.16. The summed E-state index contributed by atoms with van der Waals surface area (Å²) in [7, 11) is 0. The minimum absolute atomic E-state index is 0. The maximum absolute atomic E-state index is 11.7. The second kappa shape index (κ2) is 14.4. The van der Waals surface area contributed by atoms with Crippen molar-refractivity contribution in [1.82, 2.24) is 20.9 Å². The van der Waals surface area contributed by atoms with Gasteiger partial charge in [-0.05, 0) is 26.7 Å². The van der Waals surface area contributed by atoms with Gasteiger partial charge in [0.2, 0.25) is 5.91 Å². The zero-order valence-corrected chi connectivity index (χ0v) is 19.3. The number of carbonyl (C=O) groups is 1. The lowest BCUT2D eigenvalue weighted by molar-refractivity contribution is -0.121. The first-order chi connectivity index (χ1) is 11.9. The molecule has 0 aromatic rings. The van der Waals surface area contributed by atoms with E-state index in [-0.39, 0.29) is 35.9 Å². The van der Waals surface area contributed by atoms with Gasteiger partial charge in [-0.15, -0.1) is 24.0 Å². The molecule has 1 heterocycles. The summed E-state index contributed by atoms with van der Waals surface area (Å²) in [5.74, 6) is 1.37.